The van der Waals surface area contributed by atoms with E-state index < -0.39 is 0 Å². The third-order valence-corrected chi connectivity index (χ3v) is 5.15. The molecule has 24 heavy (non-hydrogen) atoms. The Morgan fingerprint density at radius 3 is 2.62 bits per heavy atom. The average Bonchev–Trinajstić information content (AvgIpc) is 2.89. The number of benzene rings is 2. The van der Waals surface area contributed by atoms with Crippen molar-refractivity contribution in [1.82, 2.24) is 0 Å². The molecule has 0 aromatic heterocycles. The molecule has 2 aromatic carbocycles. The molecule has 0 spiro atoms. The third kappa shape index (κ3) is 2.53. The van der Waals surface area contributed by atoms with E-state index >= 15 is 0 Å². The van der Waals surface area contributed by atoms with Crippen molar-refractivity contribution in [2.24, 2.45) is 0 Å². The van der Waals surface area contributed by atoms with Gasteiger partial charge in [0.2, 0.25) is 5.91 Å². The van der Waals surface area contributed by atoms with Crippen molar-refractivity contribution in [2.75, 3.05) is 11.4 Å². The maximum Gasteiger partial charge on any atom is 0.292 e. The van der Waals surface area contributed by atoms with E-state index in [9.17, 15) is 9.59 Å². The Morgan fingerprint density at radius 1 is 1.04 bits per heavy atom. The number of imide groups is 1. The minimum Gasteiger partial charge on any atom is -0.320 e. The van der Waals surface area contributed by atoms with E-state index in [-0.39, 0.29) is 17.9 Å². The minimum atomic E-state index is -0.258. The van der Waals surface area contributed by atoms with Crippen molar-refractivity contribution in [2.45, 2.75) is 32.4 Å². The van der Waals surface area contributed by atoms with Gasteiger partial charge < -0.3 is 4.90 Å². The molecule has 0 bridgehead atoms. The summed E-state index contributed by atoms with van der Waals surface area (Å²) in [6.07, 6.45) is 1.28. The molecule has 2 atom stereocenters. The molecule has 1 fully saturated rings. The highest BCUT2D eigenvalue weighted by molar-refractivity contribution is 6.21. The zero-order valence-electron chi connectivity index (χ0n) is 13.8. The first-order valence-corrected chi connectivity index (χ1v) is 8.48. The van der Waals surface area contributed by atoms with Crippen LogP contribution >= 0.6 is 0 Å². The maximum atomic E-state index is 12.9. The van der Waals surface area contributed by atoms with E-state index in [4.69, 9.17) is 0 Å². The summed E-state index contributed by atoms with van der Waals surface area (Å²) in [5.74, 6) is -0.137. The number of amides is 2. The van der Waals surface area contributed by atoms with Gasteiger partial charge in [0.25, 0.3) is 5.91 Å². The quantitative estimate of drug-likeness (QED) is 0.847. The highest BCUT2D eigenvalue weighted by Gasteiger charge is 2.46. The highest BCUT2D eigenvalue weighted by Crippen LogP contribution is 2.23. The number of carbonyl (C=O) groups excluding carboxylic acids is 2. The van der Waals surface area contributed by atoms with Gasteiger partial charge in [-0.3, -0.25) is 9.59 Å². The van der Waals surface area contributed by atoms with Crippen LogP contribution in [0.1, 0.15) is 23.1 Å². The van der Waals surface area contributed by atoms with Gasteiger partial charge in [-0.2, -0.15) is 0 Å². The summed E-state index contributed by atoms with van der Waals surface area (Å²) in [4.78, 5) is 28.0. The number of fused-ring (bicyclic) bond motifs is 1. The molecule has 2 amide bonds. The van der Waals surface area contributed by atoms with Crippen LogP contribution in [0.25, 0.3) is 0 Å². The van der Waals surface area contributed by atoms with Gasteiger partial charge in [-0.1, -0.05) is 36.4 Å². The molecule has 2 heterocycles. The number of nitrogens with one attached hydrogen (secondary N) is 1. The van der Waals surface area contributed by atoms with Gasteiger partial charge in [-0.25, -0.2) is 4.90 Å². The molecule has 0 aliphatic carbocycles. The fourth-order valence-corrected chi connectivity index (χ4v) is 3.89. The van der Waals surface area contributed by atoms with Gasteiger partial charge in [-0.15, -0.1) is 0 Å². The van der Waals surface area contributed by atoms with Crippen molar-refractivity contribution in [3.8, 4) is 0 Å². The predicted octanol–water partition coefficient (Wildman–Crippen LogP) is 1.27. The summed E-state index contributed by atoms with van der Waals surface area (Å²) in [6.45, 7) is 3.70. The molecular weight excluding hydrogens is 300 g/mol. The Hall–Kier alpha value is -2.46. The number of hydrogen-bond donors (Lipinski definition) is 1. The van der Waals surface area contributed by atoms with E-state index in [0.29, 0.717) is 12.1 Å². The lowest BCUT2D eigenvalue weighted by Gasteiger charge is -2.29. The van der Waals surface area contributed by atoms with Crippen LogP contribution in [-0.2, 0) is 22.6 Å². The largest absolute Gasteiger partial charge is 0.320 e. The zero-order valence-corrected chi connectivity index (χ0v) is 13.8. The molecule has 4 rings (SSSR count). The van der Waals surface area contributed by atoms with Gasteiger partial charge in [0.05, 0.1) is 18.7 Å². The normalized spacial score (nSPS) is 23.5. The van der Waals surface area contributed by atoms with Crippen LogP contribution in [0, 0.1) is 6.92 Å². The van der Waals surface area contributed by atoms with Gasteiger partial charge in [-0.05, 0) is 30.2 Å². The topological polar surface area (TPSA) is 41.8 Å². The Morgan fingerprint density at radius 2 is 1.83 bits per heavy atom. The second-order valence-electron chi connectivity index (χ2n) is 6.77. The van der Waals surface area contributed by atoms with E-state index in [1.807, 2.05) is 37.3 Å². The van der Waals surface area contributed by atoms with Crippen LogP contribution in [-0.4, -0.2) is 24.4 Å². The number of carbonyl (C=O) groups is 2. The van der Waals surface area contributed by atoms with Crippen LogP contribution in [0.15, 0.2) is 48.5 Å². The fourth-order valence-electron chi connectivity index (χ4n) is 3.89. The molecule has 122 valence electrons. The van der Waals surface area contributed by atoms with Crippen molar-refractivity contribution in [1.29, 1.82) is 0 Å². The summed E-state index contributed by atoms with van der Waals surface area (Å²) in [5.41, 5.74) is 4.42. The molecule has 0 radical (unpaired) electrons. The zero-order chi connectivity index (χ0) is 16.7. The summed E-state index contributed by atoms with van der Waals surface area (Å²) in [5, 5.41) is 0. The van der Waals surface area contributed by atoms with E-state index in [1.165, 1.54) is 20.9 Å². The SMILES string of the molecule is Cc1cccc(N2C(=O)C[C@@H]([NH+]3CCc4ccccc4C3)C2=O)c1. The molecule has 1 unspecified atom stereocenters. The van der Waals surface area contributed by atoms with Crippen molar-refractivity contribution >= 4 is 17.5 Å². The second kappa shape index (κ2) is 5.87. The maximum absolute atomic E-state index is 12.9. The molecule has 0 saturated carbocycles. The molecule has 1 N–H and O–H groups in total. The summed E-state index contributed by atoms with van der Waals surface area (Å²) < 4.78 is 0. The fraction of sp³-hybridized carbons (Fsp3) is 0.300. The first-order valence-electron chi connectivity index (χ1n) is 8.48. The summed E-state index contributed by atoms with van der Waals surface area (Å²) in [7, 11) is 0. The average molecular weight is 321 g/mol. The lowest BCUT2D eigenvalue weighted by atomic mass is 9.98. The van der Waals surface area contributed by atoms with E-state index in [2.05, 4.69) is 18.2 Å². The minimum absolute atomic E-state index is 0.0556. The summed E-state index contributed by atoms with van der Waals surface area (Å²) >= 11 is 0. The van der Waals surface area contributed by atoms with Crippen molar-refractivity contribution in [3.05, 3.63) is 65.2 Å². The standard InChI is InChI=1S/C20H20N2O2/c1-14-5-4-8-17(11-14)22-19(23)12-18(20(22)24)21-10-9-15-6-2-3-7-16(15)13-21/h2-8,11,18H,9-10,12-13H2,1H3/p+1/t18-/m1/s1. The van der Waals surface area contributed by atoms with Crippen LogP contribution in [0.3, 0.4) is 0 Å². The van der Waals surface area contributed by atoms with Gasteiger partial charge in [0.15, 0.2) is 6.04 Å². The number of hydrogen-bond acceptors (Lipinski definition) is 2. The van der Waals surface area contributed by atoms with Crippen LogP contribution < -0.4 is 9.80 Å². The monoisotopic (exact) mass is 321 g/mol. The van der Waals surface area contributed by atoms with Crippen LogP contribution in [0.5, 0.6) is 0 Å². The first-order chi connectivity index (χ1) is 11.6. The van der Waals surface area contributed by atoms with Gasteiger partial charge >= 0.3 is 0 Å². The van der Waals surface area contributed by atoms with Gasteiger partial charge in [0, 0.05) is 12.0 Å². The molecule has 2 aromatic rings. The lowest BCUT2D eigenvalue weighted by Crippen LogP contribution is -3.16. The summed E-state index contributed by atoms with van der Waals surface area (Å²) in [6, 6.07) is 15.7. The van der Waals surface area contributed by atoms with E-state index in [1.54, 1.807) is 0 Å². The Balaban J connectivity index is 1.58. The van der Waals surface area contributed by atoms with Crippen LogP contribution in [0.2, 0.25) is 0 Å². The Labute approximate surface area is 141 Å². The molecule has 4 heteroatoms. The molecule has 2 aliphatic rings. The number of anilines is 1. The first kappa shape index (κ1) is 15.1. The predicted molar refractivity (Wildman–Crippen MR) is 91.8 cm³/mol. The Kier molecular flexibility index (Phi) is 3.69. The number of aryl methyl sites for hydroxylation is 1. The molecular formula is C20H21N2O2+. The molecule has 4 nitrogen and oxygen atoms in total. The second-order valence-corrected chi connectivity index (χ2v) is 6.77. The number of nitrogens with zero attached hydrogens (tertiary/aromatic N) is 1. The lowest BCUT2D eigenvalue weighted by molar-refractivity contribution is -0.930. The molecule has 2 aliphatic heterocycles. The number of rotatable bonds is 2. The third-order valence-electron chi connectivity index (χ3n) is 5.15. The van der Waals surface area contributed by atoms with Crippen LogP contribution in [0.4, 0.5) is 5.69 Å². The number of quaternary nitrogens is 1. The van der Waals surface area contributed by atoms with Crippen molar-refractivity contribution in [3.63, 3.8) is 0 Å². The van der Waals surface area contributed by atoms with E-state index in [0.717, 1.165) is 25.1 Å². The smallest absolute Gasteiger partial charge is 0.292 e. The molecule has 1 saturated heterocycles. The van der Waals surface area contributed by atoms with Crippen molar-refractivity contribution < 1.29 is 14.5 Å². The van der Waals surface area contributed by atoms with Gasteiger partial charge in [0.1, 0.15) is 6.54 Å². The highest BCUT2D eigenvalue weighted by atomic mass is 16.2. The Bertz CT molecular complexity index is 815.